The molecule has 0 spiro atoms. The van der Waals surface area contributed by atoms with E-state index >= 15 is 0 Å². The van der Waals surface area contributed by atoms with E-state index in [1.54, 1.807) is 0 Å². The first-order chi connectivity index (χ1) is 14.0. The fraction of sp³-hybridized carbons (Fsp3) is 0.476. The molecule has 1 heterocycles. The summed E-state index contributed by atoms with van der Waals surface area (Å²) in [5.41, 5.74) is 2.51. The van der Waals surface area contributed by atoms with Gasteiger partial charge in [0.1, 0.15) is 10.8 Å². The summed E-state index contributed by atoms with van der Waals surface area (Å²) in [4.78, 5) is 30.6. The lowest BCUT2D eigenvalue weighted by atomic mass is 10.2. The Hall–Kier alpha value is -2.19. The zero-order valence-electron chi connectivity index (χ0n) is 17.0. The van der Waals surface area contributed by atoms with E-state index in [0.717, 1.165) is 50.2 Å². The highest BCUT2D eigenvalue weighted by Crippen LogP contribution is 2.29. The second-order valence-electron chi connectivity index (χ2n) is 7.18. The summed E-state index contributed by atoms with van der Waals surface area (Å²) < 4.78 is 14.8. The third kappa shape index (κ3) is 5.45. The van der Waals surface area contributed by atoms with Gasteiger partial charge in [0.2, 0.25) is 5.91 Å². The van der Waals surface area contributed by atoms with Gasteiger partial charge < -0.3 is 10.2 Å². The number of hydrogen-bond acceptors (Lipinski definition) is 4. The molecule has 1 aliphatic carbocycles. The lowest BCUT2D eigenvalue weighted by Gasteiger charge is -2.18. The van der Waals surface area contributed by atoms with Gasteiger partial charge in [-0.2, -0.15) is 4.98 Å². The summed E-state index contributed by atoms with van der Waals surface area (Å²) in [6, 6.07) is 5.65. The Morgan fingerprint density at radius 3 is 2.66 bits per heavy atom. The molecule has 1 aromatic heterocycles. The van der Waals surface area contributed by atoms with Crippen LogP contribution in [-0.2, 0) is 24.2 Å². The van der Waals surface area contributed by atoms with E-state index in [1.165, 1.54) is 40.9 Å². The Bertz CT molecular complexity index is 910. The van der Waals surface area contributed by atoms with Gasteiger partial charge in [-0.15, -0.1) is 0 Å². The van der Waals surface area contributed by atoms with Crippen molar-refractivity contribution in [1.82, 2.24) is 9.55 Å². The smallest absolute Gasteiger partial charge is 0.334 e. The molecule has 3 rings (SSSR count). The first kappa shape index (κ1) is 21.5. The lowest BCUT2D eigenvalue weighted by molar-refractivity contribution is -0.897. The summed E-state index contributed by atoms with van der Waals surface area (Å²) in [5, 5.41) is 3.41. The van der Waals surface area contributed by atoms with Crippen LogP contribution in [0.4, 0.5) is 10.1 Å². The average molecular weight is 420 g/mol. The van der Waals surface area contributed by atoms with E-state index in [0.29, 0.717) is 17.3 Å². The van der Waals surface area contributed by atoms with Gasteiger partial charge in [0.05, 0.1) is 31.9 Å². The molecule has 0 atom stereocenters. The second-order valence-corrected chi connectivity index (χ2v) is 8.14. The van der Waals surface area contributed by atoms with Crippen molar-refractivity contribution in [3.8, 4) is 0 Å². The number of aromatic nitrogens is 2. The monoisotopic (exact) mass is 419 g/mol. The Kier molecular flexibility index (Phi) is 7.44. The number of halogens is 1. The molecule has 6 nitrogen and oxygen atoms in total. The number of hydrogen-bond donors (Lipinski definition) is 2. The molecule has 8 heteroatoms. The van der Waals surface area contributed by atoms with Crippen LogP contribution in [0, 0.1) is 5.82 Å². The van der Waals surface area contributed by atoms with Crippen LogP contribution < -0.4 is 15.9 Å². The number of carbonyl (C=O) groups excluding carboxylic acids is 1. The van der Waals surface area contributed by atoms with Crippen LogP contribution in [0.3, 0.4) is 0 Å². The molecule has 0 aliphatic heterocycles. The van der Waals surface area contributed by atoms with Crippen LogP contribution in [0.1, 0.15) is 31.5 Å². The normalized spacial score (nSPS) is 13.0. The number of likely N-dealkylation sites (N-methyl/N-ethyl adjacent to an activating group) is 1. The highest BCUT2D eigenvalue weighted by molar-refractivity contribution is 8.00. The SMILES string of the molecule is CC[NH+](CC)CCn1c2c(c(SCC(=O)Nc3ccc(F)cc3)nc1=O)CCC2. The third-order valence-corrected chi connectivity index (χ3v) is 6.38. The van der Waals surface area contributed by atoms with E-state index < -0.39 is 0 Å². The fourth-order valence-corrected chi connectivity index (χ4v) is 4.55. The summed E-state index contributed by atoms with van der Waals surface area (Å²) in [7, 11) is 0. The number of anilines is 1. The van der Waals surface area contributed by atoms with Crippen LogP contribution in [-0.4, -0.2) is 40.8 Å². The molecule has 0 bridgehead atoms. The maximum absolute atomic E-state index is 13.0. The first-order valence-electron chi connectivity index (χ1n) is 10.2. The van der Waals surface area contributed by atoms with E-state index in [1.807, 2.05) is 4.57 Å². The van der Waals surface area contributed by atoms with Gasteiger partial charge in [0.15, 0.2) is 0 Å². The van der Waals surface area contributed by atoms with Gasteiger partial charge in [-0.05, 0) is 57.4 Å². The van der Waals surface area contributed by atoms with Crippen LogP contribution in [0.5, 0.6) is 0 Å². The molecule has 0 fully saturated rings. The van der Waals surface area contributed by atoms with Crippen molar-refractivity contribution in [2.75, 3.05) is 30.7 Å². The Morgan fingerprint density at radius 2 is 1.97 bits per heavy atom. The van der Waals surface area contributed by atoms with Crippen molar-refractivity contribution in [1.29, 1.82) is 0 Å². The number of fused-ring (bicyclic) bond motifs is 1. The largest absolute Gasteiger partial charge is 0.349 e. The van der Waals surface area contributed by atoms with Crippen molar-refractivity contribution in [2.24, 2.45) is 0 Å². The summed E-state index contributed by atoms with van der Waals surface area (Å²) in [6.45, 7) is 7.98. The zero-order chi connectivity index (χ0) is 20.8. The molecule has 0 unspecified atom stereocenters. The van der Waals surface area contributed by atoms with E-state index in [4.69, 9.17) is 0 Å². The summed E-state index contributed by atoms with van der Waals surface area (Å²) in [6.07, 6.45) is 2.78. The van der Waals surface area contributed by atoms with Crippen molar-refractivity contribution in [2.45, 2.75) is 44.7 Å². The van der Waals surface area contributed by atoms with Gasteiger partial charge in [0.25, 0.3) is 0 Å². The highest BCUT2D eigenvalue weighted by atomic mass is 32.2. The van der Waals surface area contributed by atoms with Gasteiger partial charge in [-0.25, -0.2) is 9.18 Å². The van der Waals surface area contributed by atoms with Crippen molar-refractivity contribution < 1.29 is 14.1 Å². The van der Waals surface area contributed by atoms with E-state index in [2.05, 4.69) is 24.1 Å². The maximum atomic E-state index is 13.0. The zero-order valence-corrected chi connectivity index (χ0v) is 17.8. The first-order valence-corrected chi connectivity index (χ1v) is 11.1. The molecule has 1 amide bonds. The second kappa shape index (κ2) is 10.0. The van der Waals surface area contributed by atoms with E-state index in [-0.39, 0.29) is 23.2 Å². The number of nitrogens with one attached hydrogen (secondary N) is 2. The summed E-state index contributed by atoms with van der Waals surface area (Å²) in [5.74, 6) is -0.395. The fourth-order valence-electron chi connectivity index (χ4n) is 3.67. The highest BCUT2D eigenvalue weighted by Gasteiger charge is 2.23. The predicted octanol–water partition coefficient (Wildman–Crippen LogP) is 1.53. The van der Waals surface area contributed by atoms with Gasteiger partial charge in [-0.1, -0.05) is 11.8 Å². The van der Waals surface area contributed by atoms with Gasteiger partial charge in [-0.3, -0.25) is 9.36 Å². The molecule has 1 aliphatic rings. The van der Waals surface area contributed by atoms with Crippen LogP contribution in [0.15, 0.2) is 34.1 Å². The van der Waals surface area contributed by atoms with Crippen molar-refractivity contribution >= 4 is 23.4 Å². The molecule has 0 saturated heterocycles. The molecular weight excluding hydrogens is 391 g/mol. The minimum atomic E-state index is -0.347. The Morgan fingerprint density at radius 1 is 1.24 bits per heavy atom. The van der Waals surface area contributed by atoms with Gasteiger partial charge in [0, 0.05) is 16.9 Å². The standard InChI is InChI=1S/C21H27FN4O2S/c1-3-25(4-2)12-13-26-18-7-5-6-17(18)20(24-21(26)28)29-14-19(27)23-16-10-8-15(22)9-11-16/h8-11H,3-7,12-14H2,1-2H3,(H,23,27)/p+1. The average Bonchev–Trinajstić information content (AvgIpc) is 3.20. The number of nitrogens with zero attached hydrogens (tertiary/aromatic N) is 2. The minimum absolute atomic E-state index is 0.157. The number of thioether (sulfide) groups is 1. The molecule has 1 aromatic carbocycles. The minimum Gasteiger partial charge on any atom is -0.334 e. The number of quaternary nitrogens is 1. The third-order valence-electron chi connectivity index (χ3n) is 5.36. The molecule has 29 heavy (non-hydrogen) atoms. The topological polar surface area (TPSA) is 68.4 Å². The quantitative estimate of drug-likeness (QED) is 0.478. The molecule has 156 valence electrons. The summed E-state index contributed by atoms with van der Waals surface area (Å²) >= 11 is 1.30. The van der Waals surface area contributed by atoms with Crippen LogP contribution >= 0.6 is 11.8 Å². The number of carbonyl (C=O) groups is 1. The van der Waals surface area contributed by atoms with E-state index in [9.17, 15) is 14.0 Å². The predicted molar refractivity (Wildman–Crippen MR) is 113 cm³/mol. The molecule has 0 saturated carbocycles. The molecule has 0 radical (unpaired) electrons. The number of benzene rings is 1. The molecule has 2 aromatic rings. The van der Waals surface area contributed by atoms with Gasteiger partial charge >= 0.3 is 5.69 Å². The molecule has 2 N–H and O–H groups in total. The lowest BCUT2D eigenvalue weighted by Crippen LogP contribution is -3.11. The number of amides is 1. The number of rotatable bonds is 9. The Labute approximate surface area is 174 Å². The van der Waals surface area contributed by atoms with Crippen molar-refractivity contribution in [3.05, 3.63) is 51.8 Å². The van der Waals surface area contributed by atoms with Crippen LogP contribution in [0.25, 0.3) is 0 Å². The maximum Gasteiger partial charge on any atom is 0.349 e. The molecular formula is C21H28FN4O2S+. The Balaban J connectivity index is 1.68. The van der Waals surface area contributed by atoms with Crippen LogP contribution in [0.2, 0.25) is 0 Å². The van der Waals surface area contributed by atoms with Crippen molar-refractivity contribution in [3.63, 3.8) is 0 Å².